The lowest BCUT2D eigenvalue weighted by Crippen LogP contribution is -2.07. The number of carbonyl (C=O) groups is 1. The summed E-state index contributed by atoms with van der Waals surface area (Å²) in [5.74, 6) is -0.940. The quantitative estimate of drug-likeness (QED) is 0.686. The highest BCUT2D eigenvalue weighted by atomic mass is 32.1. The Hall–Kier alpha value is -1.95. The largest absolute Gasteiger partial charge is 0.461 e. The van der Waals surface area contributed by atoms with Crippen LogP contribution in [0.5, 0.6) is 0 Å². The van der Waals surface area contributed by atoms with Crippen molar-refractivity contribution < 1.29 is 13.9 Å². The lowest BCUT2D eigenvalue weighted by atomic mass is 10.3. The molecule has 0 aliphatic rings. The normalized spacial score (nSPS) is 10.3. The molecule has 94 valence electrons. The molecule has 0 saturated carbocycles. The molecule has 2 aromatic rings. The van der Waals surface area contributed by atoms with Crippen molar-refractivity contribution in [1.82, 2.24) is 9.78 Å². The molecule has 6 heteroatoms. The number of nitrogens with one attached hydrogen (secondary N) is 1. The number of aromatic amines is 1. The molecule has 0 amide bonds. The number of aromatic nitrogens is 2. The number of H-pyrrole nitrogens is 1. The maximum Gasteiger partial charge on any atom is 0.356 e. The van der Waals surface area contributed by atoms with Gasteiger partial charge in [-0.25, -0.2) is 13.9 Å². The second kappa shape index (κ2) is 5.14. The van der Waals surface area contributed by atoms with Crippen LogP contribution in [-0.2, 0) is 4.74 Å². The Morgan fingerprint density at radius 3 is 2.89 bits per heavy atom. The van der Waals surface area contributed by atoms with Crippen molar-refractivity contribution in [3.8, 4) is 5.69 Å². The van der Waals surface area contributed by atoms with E-state index in [2.05, 4.69) is 5.10 Å². The molecular weight excluding hydrogens is 255 g/mol. The summed E-state index contributed by atoms with van der Waals surface area (Å²) < 4.78 is 20.1. The molecule has 0 aliphatic heterocycles. The maximum absolute atomic E-state index is 13.6. The highest BCUT2D eigenvalue weighted by Crippen LogP contribution is 2.14. The lowest BCUT2D eigenvalue weighted by molar-refractivity contribution is 0.0519. The molecule has 18 heavy (non-hydrogen) atoms. The van der Waals surface area contributed by atoms with Gasteiger partial charge in [0.25, 0.3) is 0 Å². The van der Waals surface area contributed by atoms with Crippen molar-refractivity contribution >= 4 is 18.2 Å². The smallest absolute Gasteiger partial charge is 0.356 e. The van der Waals surface area contributed by atoms with E-state index >= 15 is 0 Å². The van der Waals surface area contributed by atoms with Crippen LogP contribution in [0.3, 0.4) is 0 Å². The first-order chi connectivity index (χ1) is 8.63. The van der Waals surface area contributed by atoms with Gasteiger partial charge in [-0.2, -0.15) is 0 Å². The number of hydrogen-bond acceptors (Lipinski definition) is 3. The van der Waals surface area contributed by atoms with Crippen molar-refractivity contribution in [2.45, 2.75) is 6.92 Å². The van der Waals surface area contributed by atoms with Crippen molar-refractivity contribution in [2.24, 2.45) is 0 Å². The van der Waals surface area contributed by atoms with Gasteiger partial charge in [-0.15, -0.1) is 0 Å². The van der Waals surface area contributed by atoms with E-state index in [0.717, 1.165) is 0 Å². The maximum atomic E-state index is 13.6. The average molecular weight is 266 g/mol. The predicted octanol–water partition coefficient (Wildman–Crippen LogP) is 2.85. The number of esters is 1. The third kappa shape index (κ3) is 2.33. The molecule has 1 N–H and O–H groups in total. The van der Waals surface area contributed by atoms with Crippen LogP contribution >= 0.6 is 12.2 Å². The Labute approximate surface area is 108 Å². The van der Waals surface area contributed by atoms with Gasteiger partial charge in [-0.3, -0.25) is 5.10 Å². The minimum atomic E-state index is -0.515. The van der Waals surface area contributed by atoms with E-state index in [4.69, 9.17) is 17.0 Å². The third-order valence-corrected chi connectivity index (χ3v) is 2.61. The summed E-state index contributed by atoms with van der Waals surface area (Å²) in [6.07, 6.45) is 0. The van der Waals surface area contributed by atoms with E-state index in [9.17, 15) is 9.18 Å². The molecule has 0 unspecified atom stereocenters. The van der Waals surface area contributed by atoms with Gasteiger partial charge < -0.3 is 4.74 Å². The van der Waals surface area contributed by atoms with E-state index in [1.165, 1.54) is 16.8 Å². The van der Waals surface area contributed by atoms with E-state index in [-0.39, 0.29) is 18.0 Å². The highest BCUT2D eigenvalue weighted by molar-refractivity contribution is 7.71. The van der Waals surface area contributed by atoms with Crippen molar-refractivity contribution in [3.63, 3.8) is 0 Å². The summed E-state index contributed by atoms with van der Waals surface area (Å²) in [6, 6.07) is 7.60. The number of rotatable bonds is 3. The molecule has 1 aromatic carbocycles. The fourth-order valence-electron chi connectivity index (χ4n) is 1.52. The van der Waals surface area contributed by atoms with Crippen LogP contribution in [0.1, 0.15) is 17.4 Å². The van der Waals surface area contributed by atoms with Crippen LogP contribution in [-0.4, -0.2) is 22.4 Å². The van der Waals surface area contributed by atoms with Crippen molar-refractivity contribution in [1.29, 1.82) is 0 Å². The van der Waals surface area contributed by atoms with Gasteiger partial charge in [0.2, 0.25) is 0 Å². The number of nitrogens with zero attached hydrogens (tertiary/aromatic N) is 1. The van der Waals surface area contributed by atoms with Crippen LogP contribution in [0.2, 0.25) is 0 Å². The first-order valence-electron chi connectivity index (χ1n) is 5.37. The minimum Gasteiger partial charge on any atom is -0.461 e. The molecule has 0 atom stereocenters. The monoisotopic (exact) mass is 266 g/mol. The third-order valence-electron chi connectivity index (χ3n) is 2.31. The molecule has 1 heterocycles. The first-order valence-corrected chi connectivity index (χ1v) is 5.78. The standard InChI is InChI=1S/C12H11FN2O2S/c1-2-17-12(16)9-7-11(18)15(14-9)10-6-4-3-5-8(10)13/h3-7,14H,2H2,1H3. The van der Waals surface area contributed by atoms with Crippen LogP contribution in [0.15, 0.2) is 30.3 Å². The van der Waals surface area contributed by atoms with Gasteiger partial charge in [-0.1, -0.05) is 24.4 Å². The Balaban J connectivity index is 2.45. The van der Waals surface area contributed by atoms with Gasteiger partial charge in [-0.05, 0) is 19.1 Å². The second-order valence-corrected chi connectivity index (χ2v) is 3.93. The summed E-state index contributed by atoms with van der Waals surface area (Å²) in [5.41, 5.74) is 0.461. The van der Waals surface area contributed by atoms with Gasteiger partial charge in [0.05, 0.1) is 12.3 Å². The highest BCUT2D eigenvalue weighted by Gasteiger charge is 2.12. The zero-order valence-corrected chi connectivity index (χ0v) is 10.5. The lowest BCUT2D eigenvalue weighted by Gasteiger charge is -2.04. The number of benzene rings is 1. The molecule has 2 rings (SSSR count). The number of hydrogen-bond donors (Lipinski definition) is 1. The summed E-state index contributed by atoms with van der Waals surface area (Å²) in [7, 11) is 0. The Morgan fingerprint density at radius 2 is 2.22 bits per heavy atom. The molecule has 1 aromatic heterocycles. The van der Waals surface area contributed by atoms with Gasteiger partial charge in [0.1, 0.15) is 16.2 Å². The Bertz CT molecular complexity index is 633. The summed E-state index contributed by atoms with van der Waals surface area (Å²) in [4.78, 5) is 11.5. The van der Waals surface area contributed by atoms with Crippen molar-refractivity contribution in [2.75, 3.05) is 6.61 Å². The number of para-hydroxylation sites is 1. The molecule has 4 nitrogen and oxygen atoms in total. The number of ether oxygens (including phenoxy) is 1. The zero-order chi connectivity index (χ0) is 13.1. The van der Waals surface area contributed by atoms with Crippen LogP contribution in [0.25, 0.3) is 5.69 Å². The number of halogens is 1. The van der Waals surface area contributed by atoms with E-state index in [1.54, 1.807) is 25.1 Å². The van der Waals surface area contributed by atoms with Crippen LogP contribution < -0.4 is 0 Å². The van der Waals surface area contributed by atoms with E-state index in [1.807, 2.05) is 0 Å². The summed E-state index contributed by atoms with van der Waals surface area (Å²) >= 11 is 5.08. The van der Waals surface area contributed by atoms with Crippen molar-refractivity contribution in [3.05, 3.63) is 46.5 Å². The van der Waals surface area contributed by atoms with Crippen LogP contribution in [0.4, 0.5) is 4.39 Å². The fraction of sp³-hybridized carbons (Fsp3) is 0.167. The molecule has 0 saturated heterocycles. The van der Waals surface area contributed by atoms with E-state index < -0.39 is 11.8 Å². The second-order valence-electron chi connectivity index (χ2n) is 3.52. The average Bonchev–Trinajstić information content (AvgIpc) is 2.72. The Morgan fingerprint density at radius 1 is 1.50 bits per heavy atom. The van der Waals surface area contributed by atoms with Crippen LogP contribution in [0, 0.1) is 10.5 Å². The molecule has 0 spiro atoms. The summed E-state index contributed by atoms with van der Waals surface area (Å²) in [6.45, 7) is 1.98. The van der Waals surface area contributed by atoms with E-state index in [0.29, 0.717) is 4.64 Å². The number of carbonyl (C=O) groups excluding carboxylic acids is 1. The van der Waals surface area contributed by atoms with Gasteiger partial charge >= 0.3 is 5.97 Å². The molecule has 0 bridgehead atoms. The van der Waals surface area contributed by atoms with Gasteiger partial charge in [0, 0.05) is 6.07 Å². The first kappa shape index (κ1) is 12.5. The Kier molecular flexibility index (Phi) is 3.57. The predicted molar refractivity (Wildman–Crippen MR) is 66.9 cm³/mol. The molecular formula is C12H11FN2O2S. The SMILES string of the molecule is CCOC(=O)c1cc(=S)n(-c2ccccc2F)[nH]1. The fourth-order valence-corrected chi connectivity index (χ4v) is 1.78. The topological polar surface area (TPSA) is 47.0 Å². The molecule has 0 aliphatic carbocycles. The minimum absolute atomic E-state index is 0.199. The zero-order valence-electron chi connectivity index (χ0n) is 9.64. The van der Waals surface area contributed by atoms with Gasteiger partial charge in [0.15, 0.2) is 0 Å². The molecule has 0 fully saturated rings. The molecule has 0 radical (unpaired) electrons. The summed E-state index contributed by atoms with van der Waals surface area (Å²) in [5, 5.41) is 2.72.